The molecule has 134 valence electrons. The summed E-state index contributed by atoms with van der Waals surface area (Å²) >= 11 is 0. The summed E-state index contributed by atoms with van der Waals surface area (Å²) < 4.78 is 15.7. The monoisotopic (exact) mass is 352 g/mol. The molecule has 0 aliphatic heterocycles. The van der Waals surface area contributed by atoms with Crippen molar-refractivity contribution in [2.45, 2.75) is 6.92 Å². The van der Waals surface area contributed by atoms with Crippen molar-refractivity contribution in [3.8, 4) is 11.5 Å². The third-order valence-electron chi connectivity index (χ3n) is 3.86. The molecule has 6 nitrogen and oxygen atoms in total. The molecule has 0 amide bonds. The van der Waals surface area contributed by atoms with Crippen molar-refractivity contribution in [3.63, 3.8) is 0 Å². The summed E-state index contributed by atoms with van der Waals surface area (Å²) in [6, 6.07) is 11.1. The maximum Gasteiger partial charge on any atom is 0.340 e. The lowest BCUT2D eigenvalue weighted by molar-refractivity contribution is 0.0603. The summed E-state index contributed by atoms with van der Waals surface area (Å²) in [7, 11) is 2.97. The molecule has 0 bridgehead atoms. The summed E-state index contributed by atoms with van der Waals surface area (Å²) in [6.07, 6.45) is 3.75. The van der Waals surface area contributed by atoms with Crippen LogP contribution >= 0.6 is 0 Å². The first kappa shape index (κ1) is 17.5. The van der Waals surface area contributed by atoms with Gasteiger partial charge in [-0.2, -0.15) is 0 Å². The molecule has 1 aromatic heterocycles. The smallest absolute Gasteiger partial charge is 0.340 e. The van der Waals surface area contributed by atoms with Crippen molar-refractivity contribution >= 4 is 29.2 Å². The largest absolute Gasteiger partial charge is 0.493 e. The third-order valence-corrected chi connectivity index (χ3v) is 3.86. The van der Waals surface area contributed by atoms with E-state index in [1.165, 1.54) is 7.11 Å². The second-order valence-corrected chi connectivity index (χ2v) is 5.49. The number of carbonyl (C=O) groups is 1. The lowest BCUT2D eigenvalue weighted by Crippen LogP contribution is -2.01. The van der Waals surface area contributed by atoms with Gasteiger partial charge in [0.1, 0.15) is 11.3 Å². The van der Waals surface area contributed by atoms with E-state index in [2.05, 4.69) is 9.97 Å². The Labute approximate surface area is 151 Å². The number of H-pyrrole nitrogens is 1. The van der Waals surface area contributed by atoms with E-state index in [1.807, 2.05) is 43.3 Å². The number of aromatic nitrogens is 2. The Morgan fingerprint density at radius 3 is 2.73 bits per heavy atom. The Hall–Kier alpha value is -3.28. The maximum absolute atomic E-state index is 11.9. The minimum absolute atomic E-state index is 0.408. The van der Waals surface area contributed by atoms with Crippen molar-refractivity contribution in [1.82, 2.24) is 9.97 Å². The number of hydrogen-bond acceptors (Lipinski definition) is 5. The van der Waals surface area contributed by atoms with Crippen molar-refractivity contribution < 1.29 is 19.0 Å². The number of hydrogen-bond donors (Lipinski definition) is 1. The Morgan fingerprint density at radius 2 is 2.00 bits per heavy atom. The molecule has 0 radical (unpaired) electrons. The number of nitrogens with one attached hydrogen (secondary N) is 1. The van der Waals surface area contributed by atoms with Crippen molar-refractivity contribution in [1.29, 1.82) is 0 Å². The van der Waals surface area contributed by atoms with Gasteiger partial charge >= 0.3 is 5.97 Å². The zero-order valence-corrected chi connectivity index (χ0v) is 14.9. The highest BCUT2D eigenvalue weighted by Crippen LogP contribution is 2.28. The van der Waals surface area contributed by atoms with Gasteiger partial charge in [0.2, 0.25) is 0 Å². The maximum atomic E-state index is 11.9. The lowest BCUT2D eigenvalue weighted by atomic mass is 10.2. The third kappa shape index (κ3) is 3.54. The normalized spacial score (nSPS) is 11.0. The summed E-state index contributed by atoms with van der Waals surface area (Å²) in [5.41, 5.74) is 2.74. The zero-order chi connectivity index (χ0) is 18.5. The summed E-state index contributed by atoms with van der Waals surface area (Å²) in [5.74, 6) is 1.61. The van der Waals surface area contributed by atoms with Gasteiger partial charge in [-0.25, -0.2) is 9.78 Å². The minimum atomic E-state index is -0.408. The van der Waals surface area contributed by atoms with Crippen LogP contribution in [0.15, 0.2) is 36.4 Å². The van der Waals surface area contributed by atoms with Gasteiger partial charge in [-0.05, 0) is 42.8 Å². The van der Waals surface area contributed by atoms with E-state index in [9.17, 15) is 4.79 Å². The van der Waals surface area contributed by atoms with Crippen LogP contribution in [-0.4, -0.2) is 36.8 Å². The lowest BCUT2D eigenvalue weighted by Gasteiger charge is -2.09. The number of esters is 1. The number of aromatic amines is 1. The van der Waals surface area contributed by atoms with E-state index in [4.69, 9.17) is 14.2 Å². The van der Waals surface area contributed by atoms with Crippen molar-refractivity contribution in [3.05, 3.63) is 53.3 Å². The highest BCUT2D eigenvalue weighted by atomic mass is 16.5. The molecule has 0 unspecified atom stereocenters. The van der Waals surface area contributed by atoms with Crippen LogP contribution in [0.2, 0.25) is 0 Å². The fourth-order valence-corrected chi connectivity index (χ4v) is 2.64. The molecule has 1 heterocycles. The Morgan fingerprint density at radius 1 is 1.15 bits per heavy atom. The summed E-state index contributed by atoms with van der Waals surface area (Å²) in [4.78, 5) is 19.5. The topological polar surface area (TPSA) is 73.4 Å². The van der Waals surface area contributed by atoms with E-state index in [0.717, 1.165) is 11.1 Å². The van der Waals surface area contributed by atoms with Crippen LogP contribution in [0.25, 0.3) is 23.2 Å². The molecule has 0 atom stereocenters. The van der Waals surface area contributed by atoms with Gasteiger partial charge in [-0.15, -0.1) is 0 Å². The van der Waals surface area contributed by atoms with Crippen LogP contribution in [0.5, 0.6) is 11.5 Å². The molecular formula is C20H20N2O4. The summed E-state index contributed by atoms with van der Waals surface area (Å²) in [6.45, 7) is 2.50. The average molecular weight is 352 g/mol. The molecule has 1 N–H and O–H groups in total. The SMILES string of the molecule is CCOc1ccc(C=Cc2nc3c(C(=O)OC)cccc3[nH]2)cc1OC. The number of ether oxygens (including phenoxy) is 3. The number of benzene rings is 2. The highest BCUT2D eigenvalue weighted by Gasteiger charge is 2.13. The van der Waals surface area contributed by atoms with Gasteiger partial charge in [0.15, 0.2) is 11.5 Å². The molecule has 0 aliphatic rings. The molecule has 0 saturated carbocycles. The molecular weight excluding hydrogens is 332 g/mol. The molecule has 3 rings (SSSR count). The number of imidazole rings is 1. The minimum Gasteiger partial charge on any atom is -0.493 e. The summed E-state index contributed by atoms with van der Waals surface area (Å²) in [5, 5.41) is 0. The van der Waals surface area contributed by atoms with Gasteiger partial charge < -0.3 is 19.2 Å². The van der Waals surface area contributed by atoms with E-state index in [0.29, 0.717) is 35.0 Å². The highest BCUT2D eigenvalue weighted by molar-refractivity contribution is 6.02. The second-order valence-electron chi connectivity index (χ2n) is 5.49. The zero-order valence-electron chi connectivity index (χ0n) is 14.9. The predicted molar refractivity (Wildman–Crippen MR) is 101 cm³/mol. The number of nitrogens with zero attached hydrogens (tertiary/aromatic N) is 1. The molecule has 26 heavy (non-hydrogen) atoms. The average Bonchev–Trinajstić information content (AvgIpc) is 3.09. The van der Waals surface area contributed by atoms with Gasteiger partial charge in [-0.1, -0.05) is 18.2 Å². The molecule has 0 spiro atoms. The molecule has 2 aromatic carbocycles. The van der Waals surface area contributed by atoms with E-state index in [1.54, 1.807) is 19.2 Å². The molecule has 3 aromatic rings. The van der Waals surface area contributed by atoms with Crippen LogP contribution in [0.4, 0.5) is 0 Å². The number of rotatable bonds is 6. The van der Waals surface area contributed by atoms with Crippen LogP contribution in [0.1, 0.15) is 28.7 Å². The first-order valence-electron chi connectivity index (χ1n) is 8.22. The van der Waals surface area contributed by atoms with Gasteiger partial charge in [0, 0.05) is 0 Å². The standard InChI is InChI=1S/C20H20N2O4/c1-4-26-16-10-8-13(12-17(16)24-2)9-11-18-21-15-7-5-6-14(19(15)22-18)20(23)25-3/h5-12H,4H2,1-3H3,(H,21,22). The fraction of sp³-hybridized carbons (Fsp3) is 0.200. The van der Waals surface area contributed by atoms with E-state index >= 15 is 0 Å². The molecule has 0 fully saturated rings. The number of fused-ring (bicyclic) bond motifs is 1. The van der Waals surface area contributed by atoms with Gasteiger partial charge in [0.05, 0.1) is 31.9 Å². The van der Waals surface area contributed by atoms with Crippen molar-refractivity contribution in [2.24, 2.45) is 0 Å². The molecule has 6 heteroatoms. The molecule has 0 aliphatic carbocycles. The van der Waals surface area contributed by atoms with E-state index < -0.39 is 5.97 Å². The quantitative estimate of drug-likeness (QED) is 0.681. The van der Waals surface area contributed by atoms with Gasteiger partial charge in [0.25, 0.3) is 0 Å². The second kappa shape index (κ2) is 7.74. The van der Waals surface area contributed by atoms with Crippen LogP contribution in [-0.2, 0) is 4.74 Å². The first-order chi connectivity index (χ1) is 12.7. The number of para-hydroxylation sites is 1. The van der Waals surface area contributed by atoms with Crippen LogP contribution in [0.3, 0.4) is 0 Å². The van der Waals surface area contributed by atoms with E-state index in [-0.39, 0.29) is 0 Å². The molecule has 0 saturated heterocycles. The van der Waals surface area contributed by atoms with Crippen LogP contribution < -0.4 is 9.47 Å². The fourth-order valence-electron chi connectivity index (χ4n) is 2.64. The Balaban J connectivity index is 1.90. The Kier molecular flexibility index (Phi) is 5.22. The Bertz CT molecular complexity index is 960. The predicted octanol–water partition coefficient (Wildman–Crippen LogP) is 3.93. The number of carbonyl (C=O) groups excluding carboxylic acids is 1. The van der Waals surface area contributed by atoms with Crippen LogP contribution in [0, 0.1) is 0 Å². The number of methoxy groups -OCH3 is 2. The first-order valence-corrected chi connectivity index (χ1v) is 8.22. The van der Waals surface area contributed by atoms with Crippen molar-refractivity contribution in [2.75, 3.05) is 20.8 Å². The van der Waals surface area contributed by atoms with Gasteiger partial charge in [-0.3, -0.25) is 0 Å².